The van der Waals surface area contributed by atoms with Crippen LogP contribution in [0.5, 0.6) is 5.75 Å². The zero-order valence-electron chi connectivity index (χ0n) is 24.7. The summed E-state index contributed by atoms with van der Waals surface area (Å²) in [7, 11) is 0. The quantitative estimate of drug-likeness (QED) is 0.130. The minimum Gasteiger partial charge on any atom is -0.494 e. The molecule has 0 fully saturated rings. The molecule has 1 heterocycles. The van der Waals surface area contributed by atoms with Crippen molar-refractivity contribution in [2.24, 2.45) is 4.99 Å². The lowest BCUT2D eigenvalue weighted by Gasteiger charge is -2.30. The Balaban J connectivity index is 1.66. The van der Waals surface area contributed by atoms with Crippen LogP contribution >= 0.6 is 15.9 Å². The largest absolute Gasteiger partial charge is 0.494 e. The molecule has 0 spiro atoms. The molecule has 3 aromatic rings. The molecule has 0 aliphatic carbocycles. The monoisotopic (exact) mass is 649 g/mol. The highest BCUT2D eigenvalue weighted by Gasteiger charge is 2.53. The molecule has 0 bridgehead atoms. The summed E-state index contributed by atoms with van der Waals surface area (Å²) in [4.78, 5) is 19.2. The third-order valence-corrected chi connectivity index (χ3v) is 7.58. The fourth-order valence-electron chi connectivity index (χ4n) is 4.65. The van der Waals surface area contributed by atoms with Crippen molar-refractivity contribution in [2.75, 3.05) is 26.4 Å². The van der Waals surface area contributed by atoms with E-state index in [2.05, 4.69) is 26.8 Å². The van der Waals surface area contributed by atoms with E-state index in [0.717, 1.165) is 27.6 Å². The van der Waals surface area contributed by atoms with Gasteiger partial charge in [0.15, 0.2) is 11.6 Å². The number of carbonyl (C=O) groups excluding carboxylic acids is 1. The smallest absolute Gasteiger partial charge is 0.266 e. The molecule has 1 aliphatic rings. The molecule has 3 aromatic carbocycles. The number of nitrogens with one attached hydrogen (secondary N) is 2. The molecule has 8 nitrogen and oxygen atoms in total. The number of hydrogen-bond acceptors (Lipinski definition) is 7. The Morgan fingerprint density at radius 2 is 1.79 bits per heavy atom. The van der Waals surface area contributed by atoms with Crippen LogP contribution in [0.1, 0.15) is 55.9 Å². The van der Waals surface area contributed by atoms with E-state index in [9.17, 15) is 4.79 Å². The molecule has 0 unspecified atom stereocenters. The van der Waals surface area contributed by atoms with Crippen molar-refractivity contribution >= 4 is 33.8 Å². The van der Waals surface area contributed by atoms with Gasteiger partial charge >= 0.3 is 0 Å². The topological polar surface area (TPSA) is 101 Å². The van der Waals surface area contributed by atoms with Crippen LogP contribution in [0.3, 0.4) is 0 Å². The van der Waals surface area contributed by atoms with Crippen LogP contribution in [0.2, 0.25) is 0 Å². The van der Waals surface area contributed by atoms with Crippen LogP contribution < -0.4 is 15.6 Å². The number of hydrazine groups is 1. The highest BCUT2D eigenvalue weighted by Crippen LogP contribution is 2.45. The predicted molar refractivity (Wildman–Crippen MR) is 173 cm³/mol. The van der Waals surface area contributed by atoms with Crippen molar-refractivity contribution in [1.82, 2.24) is 10.9 Å². The first-order valence-corrected chi connectivity index (χ1v) is 15.4. The number of benzene rings is 3. The van der Waals surface area contributed by atoms with Gasteiger partial charge in [0.25, 0.3) is 5.91 Å². The van der Waals surface area contributed by atoms with Gasteiger partial charge in [-0.1, -0.05) is 76.6 Å². The zero-order chi connectivity index (χ0) is 30.5. The Bertz CT molecular complexity index is 1360. The maximum atomic E-state index is 14.1. The van der Waals surface area contributed by atoms with E-state index in [-0.39, 0.29) is 18.6 Å². The molecule has 228 valence electrons. The van der Waals surface area contributed by atoms with E-state index in [4.69, 9.17) is 24.3 Å². The molecule has 0 saturated carbocycles. The van der Waals surface area contributed by atoms with Crippen LogP contribution in [0.15, 0.2) is 94.4 Å². The van der Waals surface area contributed by atoms with E-state index in [1.165, 1.54) is 0 Å². The maximum Gasteiger partial charge on any atom is 0.266 e. The van der Waals surface area contributed by atoms with Crippen LogP contribution in [-0.2, 0) is 14.3 Å². The molecule has 9 heteroatoms. The molecule has 43 heavy (non-hydrogen) atoms. The fraction of sp³-hybridized carbons (Fsp3) is 0.353. The summed E-state index contributed by atoms with van der Waals surface area (Å²) in [6.45, 7) is 5.63. The third kappa shape index (κ3) is 9.00. The van der Waals surface area contributed by atoms with Crippen LogP contribution in [0, 0.1) is 0 Å². The number of aliphatic hydroxyl groups excluding tert-OH is 1. The number of hydrogen-bond donors (Lipinski definition) is 3. The van der Waals surface area contributed by atoms with E-state index in [0.29, 0.717) is 44.2 Å². The van der Waals surface area contributed by atoms with Gasteiger partial charge in [-0.25, -0.2) is 10.4 Å². The lowest BCUT2D eigenvalue weighted by Crippen LogP contribution is -2.52. The Morgan fingerprint density at radius 3 is 2.51 bits per heavy atom. The standard InChI is InChI=1S/C34H40BrN3O5/c1-25(2)41-23-9-21-36-38-33(40)34(20-8-13-26-11-4-3-5-12-26)31(29-14-6-7-15-30(29)35)43-32(37-34)27-16-18-28(19-17-27)42-24-10-22-39/h3-8,11-19,25,31,36,39H,9-10,20-24H2,1-2H3,(H,38,40)/b13-8+/t31-,34-/m0/s1. The SMILES string of the molecule is CC(C)OCCCNNC(=O)[C@@]1(C/C=C/c2ccccc2)N=C(c2ccc(OCCCO)cc2)O[C@H]1c1ccccc1Br. The number of amides is 1. The minimum absolute atomic E-state index is 0.0720. The van der Waals surface area contributed by atoms with Crippen molar-refractivity contribution in [3.8, 4) is 5.75 Å². The van der Waals surface area contributed by atoms with Crippen LogP contribution in [0.25, 0.3) is 6.08 Å². The van der Waals surface area contributed by atoms with Gasteiger partial charge in [0.05, 0.1) is 12.7 Å². The second-order valence-electron chi connectivity index (χ2n) is 10.5. The number of nitrogens with zero attached hydrogens (tertiary/aromatic N) is 1. The third-order valence-electron chi connectivity index (χ3n) is 6.86. The lowest BCUT2D eigenvalue weighted by molar-refractivity contribution is -0.129. The number of aliphatic imine (C=N–C) groups is 1. The Hall–Kier alpha value is -3.50. The van der Waals surface area contributed by atoms with Gasteiger partial charge in [-0.2, -0.15) is 0 Å². The summed E-state index contributed by atoms with van der Waals surface area (Å²) in [5.41, 5.74) is 7.25. The Kier molecular flexibility index (Phi) is 12.3. The molecule has 0 saturated heterocycles. The summed E-state index contributed by atoms with van der Waals surface area (Å²) in [5, 5.41) is 9.04. The first kappa shape index (κ1) is 32.4. The summed E-state index contributed by atoms with van der Waals surface area (Å²) < 4.78 is 18.7. The first-order valence-electron chi connectivity index (χ1n) is 14.6. The van der Waals surface area contributed by atoms with Gasteiger partial charge in [-0.05, 0) is 56.2 Å². The first-order chi connectivity index (χ1) is 20.9. The van der Waals surface area contributed by atoms with Gasteiger partial charge in [0.1, 0.15) is 5.75 Å². The highest BCUT2D eigenvalue weighted by atomic mass is 79.9. The highest BCUT2D eigenvalue weighted by molar-refractivity contribution is 9.10. The zero-order valence-corrected chi connectivity index (χ0v) is 26.3. The van der Waals surface area contributed by atoms with E-state index >= 15 is 0 Å². The van der Waals surface area contributed by atoms with E-state index < -0.39 is 11.6 Å². The summed E-state index contributed by atoms with van der Waals surface area (Å²) in [6, 6.07) is 25.1. The van der Waals surface area contributed by atoms with Crippen molar-refractivity contribution in [1.29, 1.82) is 0 Å². The number of aliphatic hydroxyl groups is 1. The van der Waals surface area contributed by atoms with Crippen molar-refractivity contribution in [2.45, 2.75) is 50.9 Å². The molecular weight excluding hydrogens is 610 g/mol. The molecular formula is C34H40BrN3O5. The molecule has 4 rings (SSSR count). The van der Waals surface area contributed by atoms with Crippen molar-refractivity contribution < 1.29 is 24.1 Å². The van der Waals surface area contributed by atoms with Gasteiger partial charge in [0.2, 0.25) is 5.90 Å². The maximum absolute atomic E-state index is 14.1. The van der Waals surface area contributed by atoms with Crippen molar-refractivity contribution in [3.05, 3.63) is 106 Å². The van der Waals surface area contributed by atoms with Gasteiger partial charge < -0.3 is 19.3 Å². The van der Waals surface area contributed by atoms with E-state index in [1.54, 1.807) is 0 Å². The average molecular weight is 651 g/mol. The van der Waals surface area contributed by atoms with E-state index in [1.807, 2.05) is 105 Å². The molecule has 0 radical (unpaired) electrons. The second-order valence-corrected chi connectivity index (χ2v) is 11.3. The lowest BCUT2D eigenvalue weighted by atomic mass is 9.84. The fourth-order valence-corrected chi connectivity index (χ4v) is 5.14. The normalized spacial score (nSPS) is 18.1. The van der Waals surface area contributed by atoms with Crippen molar-refractivity contribution in [3.63, 3.8) is 0 Å². The summed E-state index contributed by atoms with van der Waals surface area (Å²) in [5.74, 6) is 0.754. The Morgan fingerprint density at radius 1 is 1.05 bits per heavy atom. The van der Waals surface area contributed by atoms with Crippen LogP contribution in [-0.4, -0.2) is 54.9 Å². The average Bonchev–Trinajstić information content (AvgIpc) is 3.40. The number of halogens is 1. The summed E-state index contributed by atoms with van der Waals surface area (Å²) >= 11 is 3.68. The molecule has 0 aromatic heterocycles. The Labute approximate surface area is 262 Å². The van der Waals surface area contributed by atoms with Crippen LogP contribution in [0.4, 0.5) is 0 Å². The number of rotatable bonds is 16. The summed E-state index contributed by atoms with van der Waals surface area (Å²) in [6.07, 6.45) is 5.01. The number of ether oxygens (including phenoxy) is 3. The van der Waals surface area contributed by atoms with Gasteiger partial charge in [-0.15, -0.1) is 0 Å². The molecule has 1 amide bonds. The minimum atomic E-state index is -1.30. The molecule has 3 N–H and O–H groups in total. The molecule has 2 atom stereocenters. The predicted octanol–water partition coefficient (Wildman–Crippen LogP) is 6.01. The van der Waals surface area contributed by atoms with Gasteiger partial charge in [0, 0.05) is 48.2 Å². The molecule has 1 aliphatic heterocycles. The van der Waals surface area contributed by atoms with Gasteiger partial charge in [-0.3, -0.25) is 10.2 Å². The number of carbonyl (C=O) groups is 1. The second kappa shape index (κ2) is 16.4.